The number of aryl methyl sites for hydroxylation is 3. The number of carbonyl (C=O) groups is 2. The van der Waals surface area contributed by atoms with Gasteiger partial charge in [-0.2, -0.15) is 15.5 Å². The maximum Gasteiger partial charge on any atom is 0.254 e. The molecule has 3 fully saturated rings. The van der Waals surface area contributed by atoms with E-state index in [0.29, 0.717) is 46.4 Å². The van der Waals surface area contributed by atoms with E-state index in [0.717, 1.165) is 102 Å². The molecule has 0 unspecified atom stereocenters. The smallest absolute Gasteiger partial charge is 0.254 e. The second-order valence-electron chi connectivity index (χ2n) is 21.4. The summed E-state index contributed by atoms with van der Waals surface area (Å²) < 4.78 is 10.6. The van der Waals surface area contributed by atoms with E-state index in [1.165, 1.54) is 33.6 Å². The van der Waals surface area contributed by atoms with Crippen molar-refractivity contribution in [2.45, 2.75) is 111 Å². The summed E-state index contributed by atoms with van der Waals surface area (Å²) in [5.74, 6) is 2.79. The summed E-state index contributed by atoms with van der Waals surface area (Å²) in [5.41, 5.74) is 8.77. The van der Waals surface area contributed by atoms with Crippen LogP contribution in [0.1, 0.15) is 111 Å². The zero-order valence-electron chi connectivity index (χ0n) is 41.1. The minimum Gasteiger partial charge on any atom is -0.489 e. The number of aromatic nitrogens is 6. The third-order valence-corrected chi connectivity index (χ3v) is 16.3. The first-order valence-electron chi connectivity index (χ1n) is 24.8. The van der Waals surface area contributed by atoms with Gasteiger partial charge in [-0.25, -0.2) is 9.97 Å². The molecule has 2 aromatic carbocycles. The predicted octanol–water partition coefficient (Wildman–Crippen LogP) is 8.06. The van der Waals surface area contributed by atoms with E-state index in [2.05, 4.69) is 98.8 Å². The van der Waals surface area contributed by atoms with Crippen molar-refractivity contribution in [1.29, 1.82) is 5.26 Å². The van der Waals surface area contributed by atoms with E-state index < -0.39 is 0 Å². The van der Waals surface area contributed by atoms with Gasteiger partial charge in [0.15, 0.2) is 5.82 Å². The highest BCUT2D eigenvalue weighted by Crippen LogP contribution is 2.56. The number of rotatable bonds is 10. The summed E-state index contributed by atoms with van der Waals surface area (Å²) in [7, 11) is 1.96. The summed E-state index contributed by atoms with van der Waals surface area (Å²) >= 11 is 6.28. The van der Waals surface area contributed by atoms with Gasteiger partial charge in [-0.3, -0.25) is 19.0 Å². The number of ether oxygens (including phenoxy) is 1. The van der Waals surface area contributed by atoms with Crippen LogP contribution < -0.4 is 19.9 Å². The van der Waals surface area contributed by atoms with E-state index in [1.807, 2.05) is 22.8 Å². The van der Waals surface area contributed by atoms with Crippen LogP contribution in [-0.4, -0.2) is 109 Å². The molecule has 0 atom stereocenters. The molecule has 4 aliphatic heterocycles. The highest BCUT2D eigenvalue weighted by atomic mass is 35.5. The molecule has 0 spiro atoms. The Balaban J connectivity index is 0.735. The number of nitrogens with zero attached hydrogens (tertiary/aromatic N) is 11. The molecule has 69 heavy (non-hydrogen) atoms. The fourth-order valence-electron chi connectivity index (χ4n) is 12.5. The van der Waals surface area contributed by atoms with Crippen molar-refractivity contribution in [3.8, 4) is 22.9 Å². The molecule has 15 nitrogen and oxygen atoms in total. The van der Waals surface area contributed by atoms with Gasteiger partial charge in [-0.1, -0.05) is 39.3 Å². The van der Waals surface area contributed by atoms with Gasteiger partial charge in [0.2, 0.25) is 11.9 Å². The number of halogens is 1. The molecule has 1 aliphatic carbocycles. The van der Waals surface area contributed by atoms with Crippen LogP contribution in [0, 0.1) is 35.0 Å². The first-order chi connectivity index (χ1) is 33.1. The first kappa shape index (κ1) is 46.7. The third-order valence-electron chi connectivity index (χ3n) is 16.0. The van der Waals surface area contributed by atoms with Crippen molar-refractivity contribution in [1.82, 2.24) is 44.6 Å². The first-order valence-corrected chi connectivity index (χ1v) is 25.2. The van der Waals surface area contributed by atoms with Crippen molar-refractivity contribution in [3.63, 3.8) is 0 Å². The normalized spacial score (nSPS) is 21.5. The minimum atomic E-state index is -0.376. The predicted molar refractivity (Wildman–Crippen MR) is 267 cm³/mol. The molecule has 16 heteroatoms. The van der Waals surface area contributed by atoms with Gasteiger partial charge < -0.3 is 29.7 Å². The molecule has 10 rings (SSSR count). The number of fused-ring (bicyclic) bond motifs is 2. The number of nitrogens with one attached hydrogen (secondary N) is 1. The van der Waals surface area contributed by atoms with E-state index in [-0.39, 0.29) is 34.8 Å². The molecule has 7 heterocycles. The number of nitriles is 1. The van der Waals surface area contributed by atoms with Gasteiger partial charge in [-0.05, 0) is 92.3 Å². The van der Waals surface area contributed by atoms with Gasteiger partial charge >= 0.3 is 0 Å². The van der Waals surface area contributed by atoms with Gasteiger partial charge in [-0.15, -0.1) is 0 Å². The summed E-state index contributed by atoms with van der Waals surface area (Å²) in [6.07, 6.45) is 14.3. The topological polar surface area (TPSA) is 154 Å². The van der Waals surface area contributed by atoms with Crippen molar-refractivity contribution < 1.29 is 14.3 Å². The van der Waals surface area contributed by atoms with Gasteiger partial charge in [0.05, 0.1) is 34.9 Å². The van der Waals surface area contributed by atoms with Crippen molar-refractivity contribution >= 4 is 40.9 Å². The second kappa shape index (κ2) is 18.4. The molecule has 2 saturated heterocycles. The number of hydrogen-bond acceptors (Lipinski definition) is 11. The van der Waals surface area contributed by atoms with E-state index in [9.17, 15) is 14.9 Å². The number of likely N-dealkylation sites (tertiary alicyclic amines) is 1. The van der Waals surface area contributed by atoms with E-state index in [1.54, 1.807) is 37.5 Å². The molecule has 1 N–H and O–H groups in total. The van der Waals surface area contributed by atoms with Crippen LogP contribution in [0.25, 0.3) is 11.1 Å². The number of amides is 2. The Hall–Kier alpha value is -5.98. The van der Waals surface area contributed by atoms with Gasteiger partial charge in [0, 0.05) is 130 Å². The second-order valence-corrected chi connectivity index (χ2v) is 21.8. The number of hydrogen-bond donors (Lipinski definition) is 1. The maximum atomic E-state index is 13.6. The molecular formula is C53H65ClN12O3. The molecule has 0 bridgehead atoms. The molecule has 5 aliphatic rings. The summed E-state index contributed by atoms with van der Waals surface area (Å²) in [4.78, 5) is 45.0. The standard InChI is InChI=1S/C53H65ClN12O3/c1-33-23-46-36(24-42(33)39-29-58-61(7)31-39)9-8-17-65(46)47-43-32-64(34(2)67)22-16-45(43)66(60-47)40-14-18-62(19-15-40)30-35-12-20-63(21-13-35)51-56-27-38(28-57-51)48(68)59-49-52(3,4)50(53(49,5)6)69-41-11-10-37(26-55)44(54)25-41/h10-11,23-25,27-29,31,35,40,49-50H,8-9,12-22,30,32H2,1-7H3,(H,59,68). The summed E-state index contributed by atoms with van der Waals surface area (Å²) in [6.45, 7) is 19.4. The van der Waals surface area contributed by atoms with E-state index >= 15 is 0 Å². The summed E-state index contributed by atoms with van der Waals surface area (Å²) in [6, 6.07) is 12.0. The Bertz CT molecular complexity index is 2780. The zero-order chi connectivity index (χ0) is 48.4. The van der Waals surface area contributed by atoms with Crippen LogP contribution in [0.4, 0.5) is 17.5 Å². The third kappa shape index (κ3) is 8.84. The van der Waals surface area contributed by atoms with Gasteiger partial charge in [0.1, 0.15) is 17.9 Å². The molecule has 5 aromatic rings. The Labute approximate surface area is 410 Å². The highest BCUT2D eigenvalue weighted by Gasteiger charge is 2.64. The molecule has 1 saturated carbocycles. The highest BCUT2D eigenvalue weighted by molar-refractivity contribution is 6.31. The Morgan fingerprint density at radius 2 is 1.68 bits per heavy atom. The van der Waals surface area contributed by atoms with Gasteiger partial charge in [0.25, 0.3) is 5.91 Å². The Kier molecular flexibility index (Phi) is 12.5. The number of piperidine rings is 2. The van der Waals surface area contributed by atoms with E-state index in [4.69, 9.17) is 21.4 Å². The number of benzene rings is 2. The van der Waals surface area contributed by atoms with Crippen LogP contribution >= 0.6 is 11.6 Å². The largest absolute Gasteiger partial charge is 0.489 e. The fourth-order valence-corrected chi connectivity index (χ4v) is 12.7. The number of carbonyl (C=O) groups excluding carboxylic acids is 2. The lowest BCUT2D eigenvalue weighted by Crippen LogP contribution is -2.74. The monoisotopic (exact) mass is 952 g/mol. The zero-order valence-corrected chi connectivity index (χ0v) is 41.9. The van der Waals surface area contributed by atoms with Crippen LogP contribution in [0.3, 0.4) is 0 Å². The minimum absolute atomic E-state index is 0.119. The lowest BCUT2D eigenvalue weighted by Gasteiger charge is -2.63. The lowest BCUT2D eigenvalue weighted by atomic mass is 9.49. The molecule has 362 valence electrons. The van der Waals surface area contributed by atoms with Crippen LogP contribution in [0.5, 0.6) is 5.75 Å². The molecular weight excluding hydrogens is 888 g/mol. The average Bonchev–Trinajstić information content (AvgIpc) is 3.95. The van der Waals surface area contributed by atoms with Crippen molar-refractivity contribution in [3.05, 3.63) is 93.7 Å². The Morgan fingerprint density at radius 3 is 2.35 bits per heavy atom. The fraction of sp³-hybridized carbons (Fsp3) is 0.528. The summed E-state index contributed by atoms with van der Waals surface area (Å²) in [5, 5.41) is 22.8. The molecule has 2 amide bonds. The SMILES string of the molecule is CC(=O)N1CCc2c(c(N3CCCc4cc(-c5cnn(C)c5)c(C)cc43)nn2C2CCN(CC3CCN(c4ncc(C(=O)NC5C(C)(C)C(Oc6ccc(C#N)c(Cl)c6)C5(C)C)cn4)CC3)CC2)C1. The van der Waals surface area contributed by atoms with Crippen LogP contribution in [0.2, 0.25) is 5.02 Å². The van der Waals surface area contributed by atoms with Crippen molar-refractivity contribution in [2.24, 2.45) is 23.8 Å². The molecule has 3 aromatic heterocycles. The quantitative estimate of drug-likeness (QED) is 0.145. The van der Waals surface area contributed by atoms with Crippen LogP contribution in [-0.2, 0) is 31.2 Å². The number of anilines is 3. The maximum absolute atomic E-state index is 13.6. The molecule has 0 radical (unpaired) electrons. The van der Waals surface area contributed by atoms with Crippen LogP contribution in [0.15, 0.2) is 55.1 Å². The Morgan fingerprint density at radius 1 is 0.942 bits per heavy atom. The van der Waals surface area contributed by atoms with Crippen molar-refractivity contribution in [2.75, 3.05) is 55.6 Å². The average molecular weight is 954 g/mol. The lowest BCUT2D eigenvalue weighted by molar-refractivity contribution is -0.164.